The zero-order valence-corrected chi connectivity index (χ0v) is 14.0. The molecule has 0 radical (unpaired) electrons. The largest absolute Gasteiger partial charge is 0.396 e. The van der Waals surface area contributed by atoms with E-state index in [1.807, 2.05) is 0 Å². The lowest BCUT2D eigenvalue weighted by atomic mass is 9.45. The zero-order chi connectivity index (χ0) is 15.3. The second kappa shape index (κ2) is 5.09. The maximum absolute atomic E-state index is 9.97. The number of aliphatic hydroxyl groups is 2. The summed E-state index contributed by atoms with van der Waals surface area (Å²) in [7, 11) is 0. The lowest BCUT2D eigenvalue weighted by molar-refractivity contribution is -0.0907. The van der Waals surface area contributed by atoms with E-state index in [4.69, 9.17) is 0 Å². The van der Waals surface area contributed by atoms with Gasteiger partial charge in [-0.15, -0.1) is 0 Å². The van der Waals surface area contributed by atoms with Gasteiger partial charge in [-0.2, -0.15) is 0 Å². The lowest BCUT2D eigenvalue weighted by Crippen LogP contribution is -2.52. The third-order valence-corrected chi connectivity index (χ3v) is 7.33. The van der Waals surface area contributed by atoms with Gasteiger partial charge in [0.2, 0.25) is 0 Å². The second-order valence-corrected chi connectivity index (χ2v) is 8.89. The Kier molecular flexibility index (Phi) is 3.77. The van der Waals surface area contributed by atoms with Crippen LogP contribution < -0.4 is 0 Å². The molecule has 0 aliphatic heterocycles. The molecule has 120 valence electrons. The van der Waals surface area contributed by atoms with E-state index in [2.05, 4.69) is 26.8 Å². The van der Waals surface area contributed by atoms with Crippen molar-refractivity contribution in [2.24, 2.45) is 28.1 Å². The van der Waals surface area contributed by atoms with Crippen molar-refractivity contribution in [3.8, 4) is 0 Å². The molecule has 0 spiro atoms. The quantitative estimate of drug-likeness (QED) is 0.757. The third kappa shape index (κ3) is 2.30. The summed E-state index contributed by atoms with van der Waals surface area (Å²) >= 11 is 0. The number of fused-ring (bicyclic) bond motifs is 3. The molecule has 5 atom stereocenters. The number of hydrogen-bond acceptors (Lipinski definition) is 2. The van der Waals surface area contributed by atoms with E-state index in [0.717, 1.165) is 6.42 Å². The first kappa shape index (κ1) is 15.6. The van der Waals surface area contributed by atoms with Crippen molar-refractivity contribution >= 4 is 0 Å². The Labute approximate surface area is 129 Å². The van der Waals surface area contributed by atoms with Crippen LogP contribution in [-0.2, 0) is 0 Å². The van der Waals surface area contributed by atoms with Crippen molar-refractivity contribution in [1.29, 1.82) is 0 Å². The fourth-order valence-electron chi connectivity index (χ4n) is 6.02. The first-order chi connectivity index (χ1) is 9.87. The lowest BCUT2D eigenvalue weighted by Gasteiger charge is -2.60. The van der Waals surface area contributed by atoms with Crippen LogP contribution in [-0.4, -0.2) is 23.4 Å². The topological polar surface area (TPSA) is 40.5 Å². The van der Waals surface area contributed by atoms with Crippen LogP contribution in [0.4, 0.5) is 0 Å². The molecule has 0 bridgehead atoms. The summed E-state index contributed by atoms with van der Waals surface area (Å²) in [5.41, 5.74) is 2.09. The highest BCUT2D eigenvalue weighted by molar-refractivity contribution is 5.24. The molecule has 0 amide bonds. The molecule has 0 aromatic carbocycles. The SMILES string of the molecule is CC1(CO)C=C2CCC3C(C)(CO)CCCC3(C)C2CC1. The molecule has 3 aliphatic carbocycles. The molecular formula is C19H32O2. The molecule has 0 saturated heterocycles. The molecule has 0 heterocycles. The second-order valence-electron chi connectivity index (χ2n) is 8.89. The van der Waals surface area contributed by atoms with Gasteiger partial charge in [0.05, 0.1) is 6.61 Å². The minimum absolute atomic E-state index is 0.00395. The monoisotopic (exact) mass is 292 g/mol. The van der Waals surface area contributed by atoms with E-state index in [1.165, 1.54) is 38.5 Å². The van der Waals surface area contributed by atoms with Crippen molar-refractivity contribution in [2.75, 3.05) is 13.2 Å². The van der Waals surface area contributed by atoms with Gasteiger partial charge in [-0.05, 0) is 61.2 Å². The number of rotatable bonds is 2. The molecule has 2 nitrogen and oxygen atoms in total. The normalized spacial score (nSPS) is 50.0. The fraction of sp³-hybridized carbons (Fsp3) is 0.895. The number of allylic oxidation sites excluding steroid dienone is 1. The molecule has 3 rings (SSSR count). The molecule has 2 N–H and O–H groups in total. The van der Waals surface area contributed by atoms with E-state index in [0.29, 0.717) is 23.9 Å². The standard InChI is InChI=1S/C19H32O2/c1-17(12-20)10-7-15-14(11-17)5-6-16-18(2,13-21)8-4-9-19(15,16)3/h11,15-16,20-21H,4-10,12-13H2,1-3H3. The highest BCUT2D eigenvalue weighted by atomic mass is 16.3. The molecule has 2 fully saturated rings. The molecule has 21 heavy (non-hydrogen) atoms. The average molecular weight is 292 g/mol. The van der Waals surface area contributed by atoms with Crippen molar-refractivity contribution in [2.45, 2.75) is 65.7 Å². The zero-order valence-electron chi connectivity index (χ0n) is 14.0. The maximum atomic E-state index is 9.97. The fourth-order valence-corrected chi connectivity index (χ4v) is 6.02. The van der Waals surface area contributed by atoms with E-state index in [1.54, 1.807) is 5.57 Å². The summed E-state index contributed by atoms with van der Waals surface area (Å²) in [4.78, 5) is 0. The molecule has 0 aromatic rings. The first-order valence-corrected chi connectivity index (χ1v) is 8.80. The van der Waals surface area contributed by atoms with Gasteiger partial charge in [-0.25, -0.2) is 0 Å². The molecule has 2 saturated carbocycles. The van der Waals surface area contributed by atoms with Crippen molar-refractivity contribution < 1.29 is 10.2 Å². The van der Waals surface area contributed by atoms with E-state index >= 15 is 0 Å². The van der Waals surface area contributed by atoms with Crippen molar-refractivity contribution in [3.05, 3.63) is 11.6 Å². The predicted molar refractivity (Wildman–Crippen MR) is 85.9 cm³/mol. The van der Waals surface area contributed by atoms with E-state index < -0.39 is 0 Å². The van der Waals surface area contributed by atoms with Crippen LogP contribution in [0.2, 0.25) is 0 Å². The Hall–Kier alpha value is -0.340. The van der Waals surface area contributed by atoms with Crippen molar-refractivity contribution in [1.82, 2.24) is 0 Å². The minimum atomic E-state index is 0.00395. The van der Waals surface area contributed by atoms with Gasteiger partial charge in [0.1, 0.15) is 0 Å². The minimum Gasteiger partial charge on any atom is -0.396 e. The molecule has 3 aliphatic rings. The van der Waals surface area contributed by atoms with Gasteiger partial charge >= 0.3 is 0 Å². The summed E-state index contributed by atoms with van der Waals surface area (Å²) in [6.45, 7) is 7.61. The first-order valence-electron chi connectivity index (χ1n) is 8.80. The van der Waals surface area contributed by atoms with Crippen LogP contribution in [0.25, 0.3) is 0 Å². The van der Waals surface area contributed by atoms with Crippen LogP contribution in [0.1, 0.15) is 65.7 Å². The van der Waals surface area contributed by atoms with E-state index in [9.17, 15) is 10.2 Å². The predicted octanol–water partition coefficient (Wildman–Crippen LogP) is 3.92. The Balaban J connectivity index is 1.94. The molecular weight excluding hydrogens is 260 g/mol. The highest BCUT2D eigenvalue weighted by Gasteiger charge is 2.55. The van der Waals surface area contributed by atoms with Crippen LogP contribution >= 0.6 is 0 Å². The van der Waals surface area contributed by atoms with Gasteiger partial charge in [-0.1, -0.05) is 38.8 Å². The van der Waals surface area contributed by atoms with Crippen LogP contribution in [0.3, 0.4) is 0 Å². The van der Waals surface area contributed by atoms with Crippen LogP contribution in [0, 0.1) is 28.1 Å². The summed E-state index contributed by atoms with van der Waals surface area (Å²) in [6, 6.07) is 0. The Morgan fingerprint density at radius 3 is 2.48 bits per heavy atom. The Bertz CT molecular complexity index is 443. The highest BCUT2D eigenvalue weighted by Crippen LogP contribution is 2.63. The van der Waals surface area contributed by atoms with Gasteiger partial charge in [0.15, 0.2) is 0 Å². The number of aliphatic hydroxyl groups excluding tert-OH is 2. The molecule has 2 heteroatoms. The Morgan fingerprint density at radius 2 is 1.81 bits per heavy atom. The molecule has 0 aromatic heterocycles. The summed E-state index contributed by atoms with van der Waals surface area (Å²) in [5, 5.41) is 19.7. The number of hydrogen-bond donors (Lipinski definition) is 2. The maximum Gasteiger partial charge on any atom is 0.0519 e. The van der Waals surface area contributed by atoms with Gasteiger partial charge < -0.3 is 10.2 Å². The Morgan fingerprint density at radius 1 is 1.05 bits per heavy atom. The summed E-state index contributed by atoms with van der Waals surface area (Å²) < 4.78 is 0. The smallest absolute Gasteiger partial charge is 0.0519 e. The van der Waals surface area contributed by atoms with Crippen LogP contribution in [0.5, 0.6) is 0 Å². The van der Waals surface area contributed by atoms with Gasteiger partial charge in [0, 0.05) is 12.0 Å². The van der Waals surface area contributed by atoms with Crippen molar-refractivity contribution in [3.63, 3.8) is 0 Å². The van der Waals surface area contributed by atoms with Crippen LogP contribution in [0.15, 0.2) is 11.6 Å². The van der Waals surface area contributed by atoms with Gasteiger partial charge in [0.25, 0.3) is 0 Å². The third-order valence-electron chi connectivity index (χ3n) is 7.33. The average Bonchev–Trinajstić information content (AvgIpc) is 2.46. The molecule has 5 unspecified atom stereocenters. The summed E-state index contributed by atoms with van der Waals surface area (Å²) in [5.74, 6) is 1.34. The van der Waals surface area contributed by atoms with E-state index in [-0.39, 0.29) is 17.4 Å². The summed E-state index contributed by atoms with van der Waals surface area (Å²) in [6.07, 6.45) is 10.9. The van der Waals surface area contributed by atoms with Gasteiger partial charge in [-0.3, -0.25) is 0 Å².